The summed E-state index contributed by atoms with van der Waals surface area (Å²) >= 11 is 0. The van der Waals surface area contributed by atoms with Crippen LogP contribution in [0.5, 0.6) is 0 Å². The number of benzene rings is 2. The van der Waals surface area contributed by atoms with Gasteiger partial charge in [-0.15, -0.1) is 0 Å². The molecule has 2 nitrogen and oxygen atoms in total. The summed E-state index contributed by atoms with van der Waals surface area (Å²) in [7, 11) is 0. The molecular weight excluding hydrogens is 253 g/mol. The van der Waals surface area contributed by atoms with E-state index in [-0.39, 0.29) is 11.7 Å². The number of amides is 1. The molecule has 0 saturated carbocycles. The average molecular weight is 267 g/mol. The number of fused-ring (bicyclic) bond motifs is 3. The fourth-order valence-electron chi connectivity index (χ4n) is 3.75. The van der Waals surface area contributed by atoms with Gasteiger partial charge in [0.25, 0.3) is 5.91 Å². The molecule has 100 valence electrons. The maximum Gasteiger partial charge on any atom is 0.255 e. The summed E-state index contributed by atoms with van der Waals surface area (Å²) in [6.07, 6.45) is 1.82. The Morgan fingerprint density at radius 2 is 1.95 bits per heavy atom. The molecule has 3 heteroatoms. The molecule has 1 unspecified atom stereocenters. The molecule has 2 aliphatic rings. The van der Waals surface area contributed by atoms with E-state index in [1.54, 1.807) is 12.1 Å². The van der Waals surface area contributed by atoms with Gasteiger partial charge < -0.3 is 4.90 Å². The van der Waals surface area contributed by atoms with Crippen molar-refractivity contribution in [1.29, 1.82) is 0 Å². The summed E-state index contributed by atoms with van der Waals surface area (Å²) in [5.74, 6) is -0.178. The van der Waals surface area contributed by atoms with Gasteiger partial charge in [0.05, 0.1) is 5.54 Å². The van der Waals surface area contributed by atoms with Gasteiger partial charge in [0.2, 0.25) is 0 Å². The molecular formula is C17H14FNO. The van der Waals surface area contributed by atoms with Crippen molar-refractivity contribution in [2.24, 2.45) is 0 Å². The second-order valence-corrected chi connectivity index (χ2v) is 5.48. The molecule has 0 bridgehead atoms. The highest BCUT2D eigenvalue weighted by Crippen LogP contribution is 2.50. The number of carbonyl (C=O) groups excluding carboxylic acids is 1. The van der Waals surface area contributed by atoms with Gasteiger partial charge in [0.1, 0.15) is 5.82 Å². The normalized spacial score (nSPS) is 23.9. The summed E-state index contributed by atoms with van der Waals surface area (Å²) in [6.45, 7) is 0.740. The highest BCUT2D eigenvalue weighted by Gasteiger charge is 2.53. The van der Waals surface area contributed by atoms with Crippen molar-refractivity contribution in [2.75, 3.05) is 6.54 Å². The van der Waals surface area contributed by atoms with Crippen LogP contribution < -0.4 is 0 Å². The van der Waals surface area contributed by atoms with Gasteiger partial charge in [0.15, 0.2) is 0 Å². The van der Waals surface area contributed by atoms with E-state index < -0.39 is 5.54 Å². The van der Waals surface area contributed by atoms with Crippen molar-refractivity contribution in [3.8, 4) is 0 Å². The van der Waals surface area contributed by atoms with Crippen molar-refractivity contribution >= 4 is 5.91 Å². The second kappa shape index (κ2) is 3.92. The van der Waals surface area contributed by atoms with Gasteiger partial charge in [-0.25, -0.2) is 4.39 Å². The van der Waals surface area contributed by atoms with Crippen LogP contribution in [0.1, 0.15) is 34.3 Å². The maximum atomic E-state index is 13.6. The van der Waals surface area contributed by atoms with Crippen molar-refractivity contribution < 1.29 is 9.18 Å². The third kappa shape index (κ3) is 1.30. The van der Waals surface area contributed by atoms with Crippen molar-refractivity contribution in [2.45, 2.75) is 18.4 Å². The molecule has 0 radical (unpaired) electrons. The Morgan fingerprint density at radius 3 is 2.80 bits per heavy atom. The lowest BCUT2D eigenvalue weighted by Crippen LogP contribution is -2.39. The molecule has 0 aliphatic carbocycles. The first-order chi connectivity index (χ1) is 9.73. The highest BCUT2D eigenvalue weighted by atomic mass is 19.1. The molecule has 0 N–H and O–H groups in total. The summed E-state index contributed by atoms with van der Waals surface area (Å²) in [6, 6.07) is 14.4. The molecule has 1 amide bonds. The van der Waals surface area contributed by atoms with E-state index in [1.807, 2.05) is 35.2 Å². The number of nitrogens with zero attached hydrogens (tertiary/aromatic N) is 1. The van der Waals surface area contributed by atoms with Crippen LogP contribution in [-0.2, 0) is 5.54 Å². The Bertz CT molecular complexity index is 712. The largest absolute Gasteiger partial charge is 0.325 e. The minimum Gasteiger partial charge on any atom is -0.325 e. The van der Waals surface area contributed by atoms with E-state index in [4.69, 9.17) is 0 Å². The van der Waals surface area contributed by atoms with Crippen LogP contribution >= 0.6 is 0 Å². The molecule has 4 rings (SSSR count). The molecule has 1 atom stereocenters. The summed E-state index contributed by atoms with van der Waals surface area (Å²) in [5, 5.41) is 0. The van der Waals surface area contributed by atoms with E-state index in [1.165, 1.54) is 6.07 Å². The molecule has 1 fully saturated rings. The van der Waals surface area contributed by atoms with E-state index in [9.17, 15) is 9.18 Å². The Morgan fingerprint density at radius 1 is 1.10 bits per heavy atom. The molecule has 2 heterocycles. The molecule has 2 aliphatic heterocycles. The van der Waals surface area contributed by atoms with Crippen molar-refractivity contribution in [1.82, 2.24) is 4.90 Å². The fraction of sp³-hybridized carbons (Fsp3) is 0.235. The third-order valence-electron chi connectivity index (χ3n) is 4.53. The second-order valence-electron chi connectivity index (χ2n) is 5.48. The van der Waals surface area contributed by atoms with Crippen LogP contribution in [0.2, 0.25) is 0 Å². The predicted molar refractivity (Wildman–Crippen MR) is 73.9 cm³/mol. The number of rotatable bonds is 1. The number of carbonyl (C=O) groups is 1. The zero-order chi connectivity index (χ0) is 13.7. The maximum absolute atomic E-state index is 13.6. The van der Waals surface area contributed by atoms with Gasteiger partial charge in [0, 0.05) is 12.1 Å². The van der Waals surface area contributed by atoms with E-state index >= 15 is 0 Å². The topological polar surface area (TPSA) is 20.3 Å². The smallest absolute Gasteiger partial charge is 0.255 e. The van der Waals surface area contributed by atoms with Gasteiger partial charge in [-0.3, -0.25) is 4.79 Å². The molecule has 20 heavy (non-hydrogen) atoms. The van der Waals surface area contributed by atoms with E-state index in [0.29, 0.717) is 0 Å². The van der Waals surface area contributed by atoms with Crippen LogP contribution in [0.15, 0.2) is 48.5 Å². The zero-order valence-electron chi connectivity index (χ0n) is 11.0. The number of hydrogen-bond donors (Lipinski definition) is 0. The average Bonchev–Trinajstić information content (AvgIpc) is 3.00. The van der Waals surface area contributed by atoms with Gasteiger partial charge in [-0.1, -0.05) is 30.3 Å². The monoisotopic (exact) mass is 267 g/mol. The first kappa shape index (κ1) is 11.6. The lowest BCUT2D eigenvalue weighted by atomic mass is 9.81. The Balaban J connectivity index is 2.01. The summed E-state index contributed by atoms with van der Waals surface area (Å²) in [5.41, 5.74) is 2.20. The minimum absolute atomic E-state index is 0.0716. The molecule has 1 saturated heterocycles. The van der Waals surface area contributed by atoms with Gasteiger partial charge in [-0.2, -0.15) is 0 Å². The van der Waals surface area contributed by atoms with Crippen molar-refractivity contribution in [3.63, 3.8) is 0 Å². The number of hydrogen-bond acceptors (Lipinski definition) is 1. The SMILES string of the molecule is O=C1c2ccccc2C2(c3cccc(F)c3)CCCN12. The molecule has 2 aromatic carbocycles. The lowest BCUT2D eigenvalue weighted by molar-refractivity contribution is 0.0711. The standard InChI is InChI=1S/C17H14FNO/c18-13-6-3-5-12(11-13)17-9-4-10-19(17)16(20)14-7-1-2-8-15(14)17/h1-3,5-8,11H,4,9-10H2. The van der Waals surface area contributed by atoms with Crippen LogP contribution in [0, 0.1) is 5.82 Å². The van der Waals surface area contributed by atoms with E-state index in [2.05, 4.69) is 0 Å². The predicted octanol–water partition coefficient (Wildman–Crippen LogP) is 3.32. The fourth-order valence-corrected chi connectivity index (χ4v) is 3.75. The van der Waals surface area contributed by atoms with E-state index in [0.717, 1.165) is 36.1 Å². The molecule has 0 spiro atoms. The third-order valence-corrected chi connectivity index (χ3v) is 4.53. The first-order valence-corrected chi connectivity index (χ1v) is 6.91. The Kier molecular flexibility index (Phi) is 2.28. The lowest BCUT2D eigenvalue weighted by Gasteiger charge is -2.33. The highest BCUT2D eigenvalue weighted by molar-refractivity contribution is 6.01. The Labute approximate surface area is 116 Å². The quantitative estimate of drug-likeness (QED) is 0.776. The van der Waals surface area contributed by atoms with Crippen molar-refractivity contribution in [3.05, 3.63) is 71.0 Å². The number of halogens is 1. The summed E-state index contributed by atoms with van der Waals surface area (Å²) < 4.78 is 13.6. The van der Waals surface area contributed by atoms with Crippen LogP contribution in [0.4, 0.5) is 4.39 Å². The van der Waals surface area contributed by atoms with Crippen LogP contribution in [0.25, 0.3) is 0 Å². The summed E-state index contributed by atoms with van der Waals surface area (Å²) in [4.78, 5) is 14.5. The van der Waals surface area contributed by atoms with Gasteiger partial charge in [-0.05, 0) is 42.2 Å². The van der Waals surface area contributed by atoms with Crippen LogP contribution in [-0.4, -0.2) is 17.4 Å². The minimum atomic E-state index is -0.463. The zero-order valence-corrected chi connectivity index (χ0v) is 11.0. The van der Waals surface area contributed by atoms with Crippen LogP contribution in [0.3, 0.4) is 0 Å². The molecule has 2 aromatic rings. The Hall–Kier alpha value is -2.16. The first-order valence-electron chi connectivity index (χ1n) is 6.91. The van der Waals surface area contributed by atoms with Gasteiger partial charge >= 0.3 is 0 Å². The molecule has 0 aromatic heterocycles.